The van der Waals surface area contributed by atoms with E-state index in [2.05, 4.69) is 73.4 Å². The molecule has 1 aliphatic heterocycles. The lowest BCUT2D eigenvalue weighted by molar-refractivity contribution is -0.113. The lowest BCUT2D eigenvalue weighted by Gasteiger charge is -2.12. The second kappa shape index (κ2) is 11.1. The number of hydrogen-bond donors (Lipinski definition) is 1. The smallest absolute Gasteiger partial charge is 0.156 e. The van der Waals surface area contributed by atoms with Crippen molar-refractivity contribution < 1.29 is 4.79 Å². The number of nitrogens with two attached hydrogens (primary N) is 1. The summed E-state index contributed by atoms with van der Waals surface area (Å²) in [4.78, 5) is 18.6. The first kappa shape index (κ1) is 23.7. The summed E-state index contributed by atoms with van der Waals surface area (Å²) in [5, 5.41) is 0. The average Bonchev–Trinajstić information content (AvgIpc) is 2.91. The molecule has 0 amide bonds. The number of benzene rings is 2. The van der Waals surface area contributed by atoms with E-state index < -0.39 is 0 Å². The molecular weight excluding hydrogens is 394 g/mol. The molecule has 0 spiro atoms. The Bertz CT molecular complexity index is 1040. The minimum absolute atomic E-state index is 0.0360. The first-order valence-corrected chi connectivity index (χ1v) is 11.5. The zero-order valence-corrected chi connectivity index (χ0v) is 19.8. The molecule has 0 radical (unpaired) electrons. The molecule has 0 aliphatic carbocycles. The van der Waals surface area contributed by atoms with Gasteiger partial charge < -0.3 is 10.6 Å². The largest absolute Gasteiger partial charge is 0.387 e. The van der Waals surface area contributed by atoms with Crippen LogP contribution >= 0.6 is 0 Å². The van der Waals surface area contributed by atoms with Crippen molar-refractivity contribution in [3.63, 3.8) is 0 Å². The molecule has 2 aromatic carbocycles. The van der Waals surface area contributed by atoms with Gasteiger partial charge in [0.2, 0.25) is 0 Å². The molecule has 0 atom stereocenters. The predicted molar refractivity (Wildman–Crippen MR) is 136 cm³/mol. The number of hydrogen-bond acceptors (Lipinski definition) is 4. The van der Waals surface area contributed by atoms with Gasteiger partial charge in [-0.1, -0.05) is 55.0 Å². The molecule has 4 nitrogen and oxygen atoms in total. The fourth-order valence-electron chi connectivity index (χ4n) is 4.05. The number of nitrogens with zero attached hydrogens (tertiary/aromatic N) is 2. The summed E-state index contributed by atoms with van der Waals surface area (Å²) in [7, 11) is 4.26. The summed E-state index contributed by atoms with van der Waals surface area (Å²) >= 11 is 0. The van der Waals surface area contributed by atoms with Crippen LogP contribution in [0.2, 0.25) is 0 Å². The lowest BCUT2D eigenvalue weighted by atomic mass is 9.96. The Balaban J connectivity index is 1.77. The Morgan fingerprint density at radius 3 is 2.50 bits per heavy atom. The molecule has 0 fully saturated rings. The van der Waals surface area contributed by atoms with Crippen LogP contribution < -0.4 is 5.73 Å². The van der Waals surface area contributed by atoms with Crippen molar-refractivity contribution in [1.82, 2.24) is 4.90 Å². The lowest BCUT2D eigenvalue weighted by Crippen LogP contribution is -2.13. The van der Waals surface area contributed by atoms with Crippen molar-refractivity contribution in [2.24, 2.45) is 10.7 Å². The van der Waals surface area contributed by atoms with E-state index in [0.29, 0.717) is 17.8 Å². The van der Waals surface area contributed by atoms with E-state index in [1.807, 2.05) is 12.1 Å². The van der Waals surface area contributed by atoms with E-state index >= 15 is 0 Å². The van der Waals surface area contributed by atoms with Crippen LogP contribution in [-0.2, 0) is 11.2 Å². The van der Waals surface area contributed by atoms with Crippen molar-refractivity contribution in [1.29, 1.82) is 0 Å². The third kappa shape index (κ3) is 6.51. The quantitative estimate of drug-likeness (QED) is 0.502. The minimum atomic E-state index is 0.0360. The van der Waals surface area contributed by atoms with Gasteiger partial charge in [0, 0.05) is 17.6 Å². The Morgan fingerprint density at radius 2 is 1.84 bits per heavy atom. The van der Waals surface area contributed by atoms with Gasteiger partial charge in [-0.2, -0.15) is 0 Å². The van der Waals surface area contributed by atoms with Crippen LogP contribution in [0.25, 0.3) is 17.2 Å². The maximum atomic E-state index is 11.8. The molecule has 0 saturated carbocycles. The normalized spacial score (nSPS) is 14.0. The maximum Gasteiger partial charge on any atom is 0.156 e. The predicted octanol–water partition coefficient (Wildman–Crippen LogP) is 5.94. The van der Waals surface area contributed by atoms with Crippen LogP contribution in [-0.4, -0.2) is 37.2 Å². The van der Waals surface area contributed by atoms with Gasteiger partial charge in [0.05, 0.1) is 5.69 Å². The summed E-state index contributed by atoms with van der Waals surface area (Å²) in [6.45, 7) is 4.90. The van der Waals surface area contributed by atoms with E-state index in [1.165, 1.54) is 17.6 Å². The molecule has 32 heavy (non-hydrogen) atoms. The summed E-state index contributed by atoms with van der Waals surface area (Å²) in [5.74, 6) is 0.510. The number of allylic oxidation sites excluding steroid dienone is 2. The zero-order valence-electron chi connectivity index (χ0n) is 19.8. The molecule has 168 valence electrons. The Morgan fingerprint density at radius 1 is 1.12 bits per heavy atom. The number of ketones is 1. The van der Waals surface area contributed by atoms with Crippen LogP contribution in [0.4, 0.5) is 5.69 Å². The zero-order chi connectivity index (χ0) is 23.1. The monoisotopic (exact) mass is 429 g/mol. The molecule has 0 aromatic heterocycles. The maximum absolute atomic E-state index is 11.8. The van der Waals surface area contributed by atoms with Crippen molar-refractivity contribution in [2.75, 3.05) is 20.6 Å². The molecule has 0 saturated heterocycles. The van der Waals surface area contributed by atoms with Gasteiger partial charge in [0.1, 0.15) is 5.84 Å². The number of rotatable bonds is 9. The van der Waals surface area contributed by atoms with Gasteiger partial charge in [-0.15, -0.1) is 0 Å². The third-order valence-corrected chi connectivity index (χ3v) is 5.76. The van der Waals surface area contributed by atoms with Gasteiger partial charge in [-0.05, 0) is 82.1 Å². The van der Waals surface area contributed by atoms with Crippen LogP contribution in [0, 0.1) is 0 Å². The minimum Gasteiger partial charge on any atom is -0.387 e. The van der Waals surface area contributed by atoms with Crippen molar-refractivity contribution in [3.05, 3.63) is 70.8 Å². The van der Waals surface area contributed by atoms with Crippen LogP contribution in [0.15, 0.2) is 64.7 Å². The highest BCUT2D eigenvalue weighted by Gasteiger charge is 2.14. The van der Waals surface area contributed by atoms with E-state index in [9.17, 15) is 4.79 Å². The topological polar surface area (TPSA) is 58.7 Å². The fraction of sp³-hybridized carbons (Fsp3) is 0.357. The Kier molecular flexibility index (Phi) is 8.18. The highest BCUT2D eigenvalue weighted by Crippen LogP contribution is 2.32. The molecule has 4 heteroatoms. The fourth-order valence-corrected chi connectivity index (χ4v) is 4.05. The standard InChI is InChI=1S/C28H35N3O/c1-5-7-21(8-6-15-31(3)4)16-22-9-11-23(12-10-22)24-13-14-25-17-26(20(2)32)19-28(29)30-27(25)18-24/h7,9-14,17-18H,5-6,8,15-16,19H2,1-4H3,(H2,29,30)/b21-7+. The first-order chi connectivity index (χ1) is 15.4. The van der Waals surface area contributed by atoms with Crippen molar-refractivity contribution in [2.45, 2.75) is 46.0 Å². The highest BCUT2D eigenvalue weighted by molar-refractivity contribution is 6.05. The van der Waals surface area contributed by atoms with Gasteiger partial charge in [0.15, 0.2) is 5.78 Å². The highest BCUT2D eigenvalue weighted by atomic mass is 16.1. The number of carbonyl (C=O) groups is 1. The van der Waals surface area contributed by atoms with Gasteiger partial charge in [-0.25, -0.2) is 4.99 Å². The summed E-state index contributed by atoms with van der Waals surface area (Å²) in [6.07, 6.45) is 9.10. The van der Waals surface area contributed by atoms with Crippen LogP contribution in [0.3, 0.4) is 0 Å². The van der Waals surface area contributed by atoms with Gasteiger partial charge in [0.25, 0.3) is 0 Å². The Hall–Kier alpha value is -2.98. The number of fused-ring (bicyclic) bond motifs is 1. The molecular formula is C28H35N3O. The molecule has 0 bridgehead atoms. The Labute approximate surface area is 192 Å². The molecule has 2 N–H and O–H groups in total. The third-order valence-electron chi connectivity index (χ3n) is 5.76. The van der Waals surface area contributed by atoms with E-state index in [0.717, 1.165) is 48.2 Å². The second-order valence-corrected chi connectivity index (χ2v) is 8.83. The molecule has 1 aliphatic rings. The van der Waals surface area contributed by atoms with Crippen LogP contribution in [0.5, 0.6) is 0 Å². The van der Waals surface area contributed by atoms with Crippen molar-refractivity contribution in [3.8, 4) is 11.1 Å². The second-order valence-electron chi connectivity index (χ2n) is 8.83. The van der Waals surface area contributed by atoms with Crippen LogP contribution in [0.1, 0.15) is 50.7 Å². The summed E-state index contributed by atoms with van der Waals surface area (Å²) < 4.78 is 0. The van der Waals surface area contributed by atoms with Gasteiger partial charge in [-0.3, -0.25) is 4.79 Å². The molecule has 0 unspecified atom stereocenters. The van der Waals surface area contributed by atoms with E-state index in [-0.39, 0.29) is 5.78 Å². The molecule has 3 rings (SSSR count). The van der Waals surface area contributed by atoms with Crippen molar-refractivity contribution >= 4 is 23.4 Å². The number of carbonyl (C=O) groups excluding carboxylic acids is 1. The molecule has 2 aromatic rings. The first-order valence-electron chi connectivity index (χ1n) is 11.5. The number of Topliss-reactive ketones (excluding diaryl/α,β-unsaturated/α-hetero) is 1. The number of aliphatic imine (C=N–C) groups is 1. The molecule has 1 heterocycles. The number of amidine groups is 1. The van der Waals surface area contributed by atoms with Gasteiger partial charge >= 0.3 is 0 Å². The van der Waals surface area contributed by atoms with E-state index in [4.69, 9.17) is 5.73 Å². The average molecular weight is 430 g/mol. The summed E-state index contributed by atoms with van der Waals surface area (Å²) in [6, 6.07) is 15.0. The SMILES string of the molecule is CC/C=C(\CCCN(C)C)Cc1ccc(-c2ccc3c(c2)N=C(N)CC(C(C)=O)=C3)cc1. The summed E-state index contributed by atoms with van der Waals surface area (Å²) in [5.41, 5.74) is 13.6. The van der Waals surface area contributed by atoms with E-state index in [1.54, 1.807) is 6.92 Å².